The van der Waals surface area contributed by atoms with Crippen LogP contribution in [0.1, 0.15) is 17.9 Å². The molecule has 130 valence electrons. The summed E-state index contributed by atoms with van der Waals surface area (Å²) in [6.07, 6.45) is 4.37. The Labute approximate surface area is 142 Å². The molecule has 1 saturated heterocycles. The molecule has 0 bridgehead atoms. The van der Waals surface area contributed by atoms with Gasteiger partial charge in [-0.1, -0.05) is 0 Å². The summed E-state index contributed by atoms with van der Waals surface area (Å²) in [5, 5.41) is 0. The van der Waals surface area contributed by atoms with Crippen molar-refractivity contribution in [3.63, 3.8) is 0 Å². The summed E-state index contributed by atoms with van der Waals surface area (Å²) in [4.78, 5) is 6.62. The third-order valence-corrected chi connectivity index (χ3v) is 4.79. The first kappa shape index (κ1) is 16.0. The molecular formula is C18H17F3N4. The van der Waals surface area contributed by atoms with Gasteiger partial charge in [0.15, 0.2) is 11.6 Å². The Morgan fingerprint density at radius 1 is 1.04 bits per heavy atom. The van der Waals surface area contributed by atoms with Gasteiger partial charge in [0.2, 0.25) is 0 Å². The van der Waals surface area contributed by atoms with Crippen molar-refractivity contribution >= 4 is 11.5 Å². The molecule has 4 nitrogen and oxygen atoms in total. The largest absolute Gasteiger partial charge is 0.355 e. The molecule has 2 aromatic heterocycles. The van der Waals surface area contributed by atoms with Crippen LogP contribution >= 0.6 is 0 Å². The van der Waals surface area contributed by atoms with Gasteiger partial charge in [-0.15, -0.1) is 0 Å². The number of benzene rings is 1. The van der Waals surface area contributed by atoms with Crippen molar-refractivity contribution in [3.8, 4) is 0 Å². The second kappa shape index (κ2) is 6.07. The third kappa shape index (κ3) is 2.84. The molecular weight excluding hydrogens is 329 g/mol. The maximum absolute atomic E-state index is 14.1. The lowest BCUT2D eigenvalue weighted by molar-refractivity contribution is 0.416. The van der Waals surface area contributed by atoms with Crippen LogP contribution in [-0.4, -0.2) is 28.5 Å². The minimum absolute atomic E-state index is 0.140. The van der Waals surface area contributed by atoms with Gasteiger partial charge in [0, 0.05) is 43.5 Å². The van der Waals surface area contributed by atoms with Crippen LogP contribution in [0.5, 0.6) is 0 Å². The molecule has 0 aliphatic carbocycles. The van der Waals surface area contributed by atoms with E-state index in [0.717, 1.165) is 17.5 Å². The third-order valence-electron chi connectivity index (χ3n) is 4.79. The van der Waals surface area contributed by atoms with Gasteiger partial charge >= 0.3 is 0 Å². The fourth-order valence-corrected chi connectivity index (χ4v) is 3.48. The van der Waals surface area contributed by atoms with Crippen molar-refractivity contribution in [2.24, 2.45) is 5.73 Å². The highest BCUT2D eigenvalue weighted by molar-refractivity contribution is 5.49. The van der Waals surface area contributed by atoms with Crippen LogP contribution in [0.4, 0.5) is 19.0 Å². The lowest BCUT2D eigenvalue weighted by Gasteiger charge is -2.37. The molecule has 0 radical (unpaired) electrons. The number of hydrogen-bond acceptors (Lipinski definition) is 3. The Hall–Kier alpha value is -2.54. The maximum Gasteiger partial charge on any atom is 0.161 e. The van der Waals surface area contributed by atoms with Crippen LogP contribution in [0.25, 0.3) is 5.65 Å². The van der Waals surface area contributed by atoms with Crippen LogP contribution in [-0.2, 0) is 0 Å². The minimum Gasteiger partial charge on any atom is -0.355 e. The molecule has 3 heterocycles. The van der Waals surface area contributed by atoms with Gasteiger partial charge < -0.3 is 15.0 Å². The summed E-state index contributed by atoms with van der Waals surface area (Å²) < 4.78 is 42.6. The average Bonchev–Trinajstić information content (AvgIpc) is 3.06. The SMILES string of the molecule is N[C@H]1CN(c2ccn3cccc3n2)CC[C@@H]1c1cc(F)c(F)cc1F. The van der Waals surface area contributed by atoms with E-state index in [1.54, 1.807) is 0 Å². The van der Waals surface area contributed by atoms with E-state index in [0.29, 0.717) is 25.6 Å². The van der Waals surface area contributed by atoms with Crippen LogP contribution < -0.4 is 10.6 Å². The fourth-order valence-electron chi connectivity index (χ4n) is 3.48. The van der Waals surface area contributed by atoms with Crippen molar-refractivity contribution in [2.75, 3.05) is 18.0 Å². The number of nitrogens with two attached hydrogens (primary N) is 1. The van der Waals surface area contributed by atoms with Crippen molar-refractivity contribution in [1.29, 1.82) is 0 Å². The summed E-state index contributed by atoms with van der Waals surface area (Å²) in [5.74, 6) is -2.54. The second-order valence-electron chi connectivity index (χ2n) is 6.35. The topological polar surface area (TPSA) is 46.6 Å². The molecule has 2 atom stereocenters. The highest BCUT2D eigenvalue weighted by atomic mass is 19.2. The predicted molar refractivity (Wildman–Crippen MR) is 89.1 cm³/mol. The monoisotopic (exact) mass is 346 g/mol. The smallest absolute Gasteiger partial charge is 0.161 e. The van der Waals surface area contributed by atoms with Gasteiger partial charge in [0.25, 0.3) is 0 Å². The molecule has 0 saturated carbocycles. The number of rotatable bonds is 2. The number of aromatic nitrogens is 2. The summed E-state index contributed by atoms with van der Waals surface area (Å²) >= 11 is 0. The quantitative estimate of drug-likeness (QED) is 0.726. The van der Waals surface area contributed by atoms with Crippen molar-refractivity contribution in [2.45, 2.75) is 18.4 Å². The number of fused-ring (bicyclic) bond motifs is 1. The lowest BCUT2D eigenvalue weighted by Crippen LogP contribution is -2.48. The van der Waals surface area contributed by atoms with Gasteiger partial charge in [0.05, 0.1) is 0 Å². The molecule has 4 rings (SSSR count). The van der Waals surface area contributed by atoms with E-state index in [4.69, 9.17) is 5.73 Å². The number of hydrogen-bond donors (Lipinski definition) is 1. The van der Waals surface area contributed by atoms with E-state index in [1.165, 1.54) is 0 Å². The molecule has 0 spiro atoms. The summed E-state index contributed by atoms with van der Waals surface area (Å²) in [6, 6.07) is 6.83. The molecule has 2 N–H and O–H groups in total. The molecule has 1 aliphatic heterocycles. The fraction of sp³-hybridized carbons (Fsp3) is 0.278. The average molecular weight is 346 g/mol. The highest BCUT2D eigenvalue weighted by Gasteiger charge is 2.31. The van der Waals surface area contributed by atoms with Gasteiger partial charge in [-0.3, -0.25) is 0 Å². The number of halogens is 3. The second-order valence-corrected chi connectivity index (χ2v) is 6.35. The summed E-state index contributed by atoms with van der Waals surface area (Å²) in [5.41, 5.74) is 7.20. The molecule has 7 heteroatoms. The van der Waals surface area contributed by atoms with E-state index in [2.05, 4.69) is 4.98 Å². The normalized spacial score (nSPS) is 21.0. The van der Waals surface area contributed by atoms with Gasteiger partial charge in [-0.25, -0.2) is 18.2 Å². The Bertz CT molecular complexity index is 924. The minimum atomic E-state index is -1.18. The number of piperidine rings is 1. The Balaban J connectivity index is 1.57. The van der Waals surface area contributed by atoms with Gasteiger partial charge in [0.1, 0.15) is 17.3 Å². The molecule has 0 amide bonds. The maximum atomic E-state index is 14.1. The Morgan fingerprint density at radius 3 is 2.64 bits per heavy atom. The molecule has 0 unspecified atom stereocenters. The molecule has 1 aromatic carbocycles. The zero-order valence-electron chi connectivity index (χ0n) is 13.4. The van der Waals surface area contributed by atoms with E-state index in [1.807, 2.05) is 39.9 Å². The highest BCUT2D eigenvalue weighted by Crippen LogP contribution is 2.32. The van der Waals surface area contributed by atoms with Crippen LogP contribution in [0.15, 0.2) is 42.7 Å². The molecule has 1 fully saturated rings. The number of nitrogens with zero attached hydrogens (tertiary/aromatic N) is 3. The summed E-state index contributed by atoms with van der Waals surface area (Å²) in [7, 11) is 0. The van der Waals surface area contributed by atoms with Crippen LogP contribution in [0.3, 0.4) is 0 Å². The van der Waals surface area contributed by atoms with E-state index < -0.39 is 23.5 Å². The van der Waals surface area contributed by atoms with Gasteiger partial charge in [-0.2, -0.15) is 0 Å². The van der Waals surface area contributed by atoms with Crippen molar-refractivity contribution < 1.29 is 13.2 Å². The van der Waals surface area contributed by atoms with Crippen LogP contribution in [0.2, 0.25) is 0 Å². The van der Waals surface area contributed by atoms with E-state index in [-0.39, 0.29) is 11.5 Å². The first-order valence-corrected chi connectivity index (χ1v) is 8.11. The van der Waals surface area contributed by atoms with Crippen molar-refractivity contribution in [1.82, 2.24) is 9.38 Å². The molecule has 1 aliphatic rings. The summed E-state index contributed by atoms with van der Waals surface area (Å²) in [6.45, 7) is 1.08. The molecule has 3 aromatic rings. The zero-order valence-corrected chi connectivity index (χ0v) is 13.4. The van der Waals surface area contributed by atoms with Crippen molar-refractivity contribution in [3.05, 3.63) is 65.7 Å². The lowest BCUT2D eigenvalue weighted by atomic mass is 9.85. The van der Waals surface area contributed by atoms with Gasteiger partial charge in [-0.05, 0) is 36.2 Å². The Morgan fingerprint density at radius 2 is 1.84 bits per heavy atom. The number of anilines is 1. The molecule has 25 heavy (non-hydrogen) atoms. The first-order chi connectivity index (χ1) is 12.0. The first-order valence-electron chi connectivity index (χ1n) is 8.11. The predicted octanol–water partition coefficient (Wildman–Crippen LogP) is 3.07. The van der Waals surface area contributed by atoms with Crippen LogP contribution in [0, 0.1) is 17.5 Å². The van der Waals surface area contributed by atoms with E-state index >= 15 is 0 Å². The standard InChI is InChI=1S/C18H17F3N4/c19-13-9-15(21)14(20)8-12(13)11-3-6-25(10-16(11)22)18-4-7-24-5-1-2-17(24)23-18/h1-2,4-5,7-9,11,16H,3,6,10,22H2/t11-,16+/m1/s1. The Kier molecular flexibility index (Phi) is 3.88. The van der Waals surface area contributed by atoms with E-state index in [9.17, 15) is 13.2 Å². The zero-order chi connectivity index (χ0) is 17.6.